The van der Waals surface area contributed by atoms with Gasteiger partial charge in [-0.3, -0.25) is 15.8 Å². The maximum atomic E-state index is 12.3. The van der Waals surface area contributed by atoms with Crippen LogP contribution >= 0.6 is 0 Å². The Morgan fingerprint density at radius 2 is 1.29 bits per heavy atom. The van der Waals surface area contributed by atoms with Crippen LogP contribution in [0.25, 0.3) is 5.76 Å². The van der Waals surface area contributed by atoms with Gasteiger partial charge in [0, 0.05) is 24.8 Å². The number of nitrogens with two attached hydrogens (primary N) is 3. The first-order valence-electron chi connectivity index (χ1n) is 9.53. The maximum Gasteiger partial charge on any atom is 0.416 e. The molecule has 10 N–H and O–H groups in total. The number of hydrogen-bond donors (Lipinski definition) is 7. The molecule has 0 saturated carbocycles. The monoisotopic (exact) mass is 508 g/mol. The summed E-state index contributed by atoms with van der Waals surface area (Å²) in [5.41, 5.74) is 7.38. The van der Waals surface area contributed by atoms with Crippen molar-refractivity contribution in [3.8, 4) is 0 Å². The van der Waals surface area contributed by atoms with E-state index < -0.39 is 34.9 Å². The minimum atomic E-state index is -4.93. The molecule has 0 fully saturated rings. The number of nitrogen functional groups attached to an aromatic ring is 1. The van der Waals surface area contributed by atoms with Crippen molar-refractivity contribution < 1.29 is 36.6 Å². The lowest BCUT2D eigenvalue weighted by molar-refractivity contribution is -0.143. The highest BCUT2D eigenvalue weighted by Gasteiger charge is 2.37. The van der Waals surface area contributed by atoms with Crippen LogP contribution in [0.1, 0.15) is 29.2 Å². The summed E-state index contributed by atoms with van der Waals surface area (Å²) in [6.07, 6.45) is -9.85. The van der Waals surface area contributed by atoms with Crippen LogP contribution in [0.2, 0.25) is 0 Å². The van der Waals surface area contributed by atoms with E-state index in [0.717, 1.165) is 5.01 Å². The number of aliphatic hydroxyl groups is 2. The summed E-state index contributed by atoms with van der Waals surface area (Å²) in [4.78, 5) is 0. The third-order valence-electron chi connectivity index (χ3n) is 3.81. The van der Waals surface area contributed by atoms with Gasteiger partial charge >= 0.3 is 12.4 Å². The Morgan fingerprint density at radius 3 is 1.60 bits per heavy atom. The second kappa shape index (κ2) is 13.2. The number of aliphatic hydroxyl groups excluding tert-OH is 2. The lowest BCUT2D eigenvalue weighted by atomic mass is 10.0. The van der Waals surface area contributed by atoms with Crippen molar-refractivity contribution in [2.24, 2.45) is 17.3 Å². The third-order valence-corrected chi connectivity index (χ3v) is 3.81. The molecule has 0 unspecified atom stereocenters. The zero-order chi connectivity index (χ0) is 27.6. The third kappa shape index (κ3) is 10.4. The summed E-state index contributed by atoms with van der Waals surface area (Å²) < 4.78 is 73.9. The van der Waals surface area contributed by atoms with Crippen LogP contribution in [0.4, 0.5) is 26.3 Å². The van der Waals surface area contributed by atoms with E-state index in [1.54, 1.807) is 31.2 Å². The minimum absolute atomic E-state index is 0.0214. The van der Waals surface area contributed by atoms with Crippen molar-refractivity contribution in [2.75, 3.05) is 13.7 Å². The lowest BCUT2D eigenvalue weighted by Gasteiger charge is -2.14. The van der Waals surface area contributed by atoms with Crippen LogP contribution in [-0.4, -0.2) is 40.5 Å². The van der Waals surface area contributed by atoms with E-state index in [4.69, 9.17) is 33.2 Å². The molecular weight excluding hydrogens is 482 g/mol. The van der Waals surface area contributed by atoms with Crippen molar-refractivity contribution in [2.45, 2.75) is 19.3 Å². The van der Waals surface area contributed by atoms with Gasteiger partial charge in [-0.05, 0) is 25.1 Å². The topological polar surface area (TPSA) is 169 Å². The van der Waals surface area contributed by atoms with E-state index in [0.29, 0.717) is 17.7 Å². The van der Waals surface area contributed by atoms with E-state index in [1.807, 2.05) is 6.07 Å². The van der Waals surface area contributed by atoms with Gasteiger partial charge < -0.3 is 21.7 Å². The molecule has 14 heteroatoms. The zero-order valence-corrected chi connectivity index (χ0v) is 18.7. The number of nitrogens with zero attached hydrogens (tertiary/aromatic N) is 1. The highest BCUT2D eigenvalue weighted by molar-refractivity contribution is 6.00. The molecule has 8 nitrogen and oxygen atoms in total. The van der Waals surface area contributed by atoms with Crippen LogP contribution in [0.15, 0.2) is 54.2 Å². The number of hydrazine groups is 1. The molecular formula is C21H26F6N6O2. The zero-order valence-electron chi connectivity index (χ0n) is 18.7. The molecule has 2 rings (SSSR count). The fourth-order valence-corrected chi connectivity index (χ4v) is 2.16. The molecule has 35 heavy (non-hydrogen) atoms. The summed E-state index contributed by atoms with van der Waals surface area (Å²) in [7, 11) is 1.48. The van der Waals surface area contributed by atoms with Crippen molar-refractivity contribution in [1.82, 2.24) is 5.01 Å². The van der Waals surface area contributed by atoms with E-state index >= 15 is 0 Å². The van der Waals surface area contributed by atoms with Crippen LogP contribution in [0.5, 0.6) is 0 Å². The Morgan fingerprint density at radius 1 is 0.886 bits per heavy atom. The van der Waals surface area contributed by atoms with Gasteiger partial charge in [-0.2, -0.15) is 26.3 Å². The largest absolute Gasteiger partial charge is 0.505 e. The van der Waals surface area contributed by atoms with Gasteiger partial charge in [0.2, 0.25) is 0 Å². The van der Waals surface area contributed by atoms with E-state index in [9.17, 15) is 31.4 Å². The van der Waals surface area contributed by atoms with Crippen molar-refractivity contribution >= 4 is 17.4 Å². The molecule has 2 aromatic rings. The quantitative estimate of drug-likeness (QED) is 0.0833. The van der Waals surface area contributed by atoms with Crippen LogP contribution in [-0.2, 0) is 12.4 Å². The minimum Gasteiger partial charge on any atom is -0.505 e. The normalized spacial score (nSPS) is 11.7. The molecule has 194 valence electrons. The first kappa shape index (κ1) is 31.2. The first-order chi connectivity index (χ1) is 16.0. The van der Waals surface area contributed by atoms with Gasteiger partial charge in [0.05, 0.1) is 11.1 Å². The Bertz CT molecular complexity index is 989. The average molecular weight is 508 g/mol. The molecule has 0 heterocycles. The Labute approximate surface area is 197 Å². The molecule has 0 aromatic heterocycles. The van der Waals surface area contributed by atoms with Crippen LogP contribution in [0.3, 0.4) is 0 Å². The molecule has 0 spiro atoms. The average Bonchev–Trinajstić information content (AvgIpc) is 2.77. The molecule has 0 atom stereocenters. The van der Waals surface area contributed by atoms with Gasteiger partial charge in [-0.15, -0.1) is 0 Å². The summed E-state index contributed by atoms with van der Waals surface area (Å²) in [5.74, 6) is 4.21. The van der Waals surface area contributed by atoms with Crippen LogP contribution < -0.4 is 17.3 Å². The summed E-state index contributed by atoms with van der Waals surface area (Å²) in [6.45, 7) is 1.93. The lowest BCUT2D eigenvalue weighted by Crippen LogP contribution is -2.36. The molecule has 0 aliphatic rings. The molecule has 2 aromatic carbocycles. The van der Waals surface area contributed by atoms with E-state index in [1.165, 1.54) is 7.05 Å². The van der Waals surface area contributed by atoms with Crippen molar-refractivity contribution in [3.63, 3.8) is 0 Å². The Kier molecular flexibility index (Phi) is 11.8. The molecule has 0 radical (unpaired) electrons. The standard InChI is InChI=1S/C10H14N4O.C9H6F6N2.C2H6O/c1-14(13)10(12)8(11)9(15)7-5-3-2-4-6-7;10-8(11,12)5-1-4(7(16)17)2-6(3-5)9(13,14)15;1-2-3/h2-6,12,15H,11,13H2,1H3;1-3H,(H3,16,17);3H,2H2,1H3/b9-8+,12-10?;;. The Hall–Kier alpha value is -3.78. The van der Waals surface area contributed by atoms with Crippen molar-refractivity contribution in [1.29, 1.82) is 10.8 Å². The molecule has 0 amide bonds. The van der Waals surface area contributed by atoms with E-state index in [-0.39, 0.29) is 30.0 Å². The summed E-state index contributed by atoms with van der Waals surface area (Å²) >= 11 is 0. The predicted molar refractivity (Wildman–Crippen MR) is 120 cm³/mol. The Balaban J connectivity index is 0.000000597. The van der Waals surface area contributed by atoms with Crippen molar-refractivity contribution in [3.05, 3.63) is 76.5 Å². The predicted octanol–water partition coefficient (Wildman–Crippen LogP) is 3.66. The smallest absolute Gasteiger partial charge is 0.416 e. The number of halogens is 6. The number of benzene rings is 2. The number of hydrogen-bond acceptors (Lipinski definition) is 6. The number of likely N-dealkylation sites (N-methyl/N-ethyl adjacent to an activating group) is 1. The second-order valence-electron chi connectivity index (χ2n) is 6.61. The SMILES string of the molecule is CCO.CN(N)C(=N)/C(N)=C(\O)c1ccccc1.N=C(N)c1cc(C(F)(F)F)cc(C(F)(F)F)c1. The molecule has 0 aliphatic carbocycles. The van der Waals surface area contributed by atoms with Gasteiger partial charge in [0.1, 0.15) is 17.3 Å². The molecule has 0 saturated heterocycles. The molecule has 0 aliphatic heterocycles. The van der Waals surface area contributed by atoms with Gasteiger partial charge in [-0.25, -0.2) is 5.84 Å². The van der Waals surface area contributed by atoms with Gasteiger partial charge in [0.15, 0.2) is 5.84 Å². The molecule has 0 bridgehead atoms. The van der Waals surface area contributed by atoms with Crippen LogP contribution in [0, 0.1) is 10.8 Å². The number of amidine groups is 2. The first-order valence-corrected chi connectivity index (χ1v) is 9.53. The summed E-state index contributed by atoms with van der Waals surface area (Å²) in [5, 5.41) is 32.7. The number of rotatable bonds is 3. The fourth-order valence-electron chi connectivity index (χ4n) is 2.16. The second-order valence-corrected chi connectivity index (χ2v) is 6.61. The fraction of sp³-hybridized carbons (Fsp3) is 0.238. The summed E-state index contributed by atoms with van der Waals surface area (Å²) in [6, 6.07) is 9.55. The highest BCUT2D eigenvalue weighted by Crippen LogP contribution is 2.36. The van der Waals surface area contributed by atoms with Gasteiger partial charge in [-0.1, -0.05) is 30.3 Å². The maximum absolute atomic E-state index is 12.3. The number of nitrogens with one attached hydrogen (secondary N) is 2. The highest BCUT2D eigenvalue weighted by atomic mass is 19.4. The number of alkyl halides is 6. The van der Waals surface area contributed by atoms with Gasteiger partial charge in [0.25, 0.3) is 0 Å². The van der Waals surface area contributed by atoms with E-state index in [2.05, 4.69) is 0 Å².